The van der Waals surface area contributed by atoms with E-state index in [2.05, 4.69) is 0 Å². The van der Waals surface area contributed by atoms with Crippen LogP contribution < -0.4 is 0 Å². The predicted molar refractivity (Wildman–Crippen MR) is 78.6 cm³/mol. The molecule has 1 aliphatic rings. The SMILES string of the molecule is CC1CCN(S(=O)(=O)c2cc(Cl)ccc2Cl)CC1Cl. The molecule has 0 saturated carbocycles. The van der Waals surface area contributed by atoms with Crippen molar-refractivity contribution in [3.8, 4) is 0 Å². The summed E-state index contributed by atoms with van der Waals surface area (Å²) in [5.74, 6) is 0.308. The van der Waals surface area contributed by atoms with E-state index in [0.29, 0.717) is 24.0 Å². The molecule has 0 aliphatic carbocycles. The molecule has 1 aliphatic heterocycles. The van der Waals surface area contributed by atoms with Crippen molar-refractivity contribution >= 4 is 44.8 Å². The molecule has 1 aromatic rings. The Labute approximate surface area is 128 Å². The van der Waals surface area contributed by atoms with Crippen LogP contribution in [0.15, 0.2) is 23.1 Å². The molecule has 1 saturated heterocycles. The number of rotatable bonds is 2. The van der Waals surface area contributed by atoms with Crippen LogP contribution in [0, 0.1) is 5.92 Å². The van der Waals surface area contributed by atoms with Gasteiger partial charge in [0.25, 0.3) is 0 Å². The molecular weight excluding hydrogens is 329 g/mol. The molecule has 19 heavy (non-hydrogen) atoms. The summed E-state index contributed by atoms with van der Waals surface area (Å²) >= 11 is 18.0. The molecule has 3 nitrogen and oxygen atoms in total. The van der Waals surface area contributed by atoms with Crippen LogP contribution in [0.25, 0.3) is 0 Å². The third-order valence-corrected chi connectivity index (χ3v) is 6.49. The Morgan fingerprint density at radius 2 is 2.00 bits per heavy atom. The topological polar surface area (TPSA) is 37.4 Å². The average Bonchev–Trinajstić information content (AvgIpc) is 2.35. The molecule has 2 unspecified atom stereocenters. The Kier molecular flexibility index (Phi) is 4.68. The molecule has 0 amide bonds. The summed E-state index contributed by atoms with van der Waals surface area (Å²) < 4.78 is 26.5. The lowest BCUT2D eigenvalue weighted by Crippen LogP contribution is -2.43. The first-order valence-electron chi connectivity index (χ1n) is 5.91. The molecule has 0 spiro atoms. The highest BCUT2D eigenvalue weighted by Crippen LogP contribution is 2.31. The Morgan fingerprint density at radius 1 is 1.32 bits per heavy atom. The summed E-state index contributed by atoms with van der Waals surface area (Å²) in [6, 6.07) is 4.42. The Bertz CT molecular complexity index is 576. The number of hydrogen-bond donors (Lipinski definition) is 0. The van der Waals surface area contributed by atoms with Crippen LogP contribution in [0.5, 0.6) is 0 Å². The van der Waals surface area contributed by atoms with Crippen molar-refractivity contribution < 1.29 is 8.42 Å². The number of benzene rings is 1. The lowest BCUT2D eigenvalue weighted by Gasteiger charge is -2.33. The lowest BCUT2D eigenvalue weighted by atomic mass is 10.0. The van der Waals surface area contributed by atoms with Crippen molar-refractivity contribution in [2.45, 2.75) is 23.6 Å². The number of piperidine rings is 1. The number of nitrogens with zero attached hydrogens (tertiary/aromatic N) is 1. The molecule has 0 aromatic heterocycles. The molecule has 1 heterocycles. The van der Waals surface area contributed by atoms with E-state index in [-0.39, 0.29) is 15.3 Å². The van der Waals surface area contributed by atoms with Gasteiger partial charge in [0.05, 0.1) is 5.02 Å². The van der Waals surface area contributed by atoms with Gasteiger partial charge in [0.15, 0.2) is 0 Å². The van der Waals surface area contributed by atoms with Gasteiger partial charge < -0.3 is 0 Å². The Balaban J connectivity index is 2.35. The van der Waals surface area contributed by atoms with E-state index in [1.54, 1.807) is 6.07 Å². The zero-order chi connectivity index (χ0) is 14.2. The first-order chi connectivity index (χ1) is 8.82. The monoisotopic (exact) mass is 341 g/mol. The molecule has 0 N–H and O–H groups in total. The predicted octanol–water partition coefficient (Wildman–Crippen LogP) is 3.63. The minimum absolute atomic E-state index is 0.0417. The van der Waals surface area contributed by atoms with E-state index in [1.165, 1.54) is 16.4 Å². The normalized spacial score (nSPS) is 25.5. The van der Waals surface area contributed by atoms with Crippen LogP contribution in [0.3, 0.4) is 0 Å². The van der Waals surface area contributed by atoms with Gasteiger partial charge in [-0.15, -0.1) is 11.6 Å². The maximum atomic E-state index is 12.5. The maximum absolute atomic E-state index is 12.5. The second-order valence-corrected chi connectivity index (χ2v) is 8.03. The van der Waals surface area contributed by atoms with Gasteiger partial charge in [-0.3, -0.25) is 0 Å². The second-order valence-electron chi connectivity index (χ2n) is 4.72. The number of hydrogen-bond acceptors (Lipinski definition) is 2. The first-order valence-corrected chi connectivity index (χ1v) is 8.55. The average molecular weight is 343 g/mol. The summed E-state index contributed by atoms with van der Waals surface area (Å²) in [4.78, 5) is 0.0417. The lowest BCUT2D eigenvalue weighted by molar-refractivity contribution is 0.293. The van der Waals surface area contributed by atoms with Crippen molar-refractivity contribution in [3.05, 3.63) is 28.2 Å². The van der Waals surface area contributed by atoms with Crippen molar-refractivity contribution in [1.29, 1.82) is 0 Å². The van der Waals surface area contributed by atoms with Crippen LogP contribution in [-0.2, 0) is 10.0 Å². The van der Waals surface area contributed by atoms with Gasteiger partial charge in [-0.25, -0.2) is 8.42 Å². The summed E-state index contributed by atoms with van der Waals surface area (Å²) in [5.41, 5.74) is 0. The standard InChI is InChI=1S/C12H14Cl3NO2S/c1-8-4-5-16(7-11(8)15)19(17,18)12-6-9(13)2-3-10(12)14/h2-3,6,8,11H,4-5,7H2,1H3. The highest BCUT2D eigenvalue weighted by molar-refractivity contribution is 7.89. The summed E-state index contributed by atoms with van der Waals surface area (Å²) in [6.07, 6.45) is 0.742. The van der Waals surface area contributed by atoms with Crippen molar-refractivity contribution in [2.75, 3.05) is 13.1 Å². The highest BCUT2D eigenvalue weighted by Gasteiger charge is 2.33. The van der Waals surface area contributed by atoms with Crippen LogP contribution in [0.1, 0.15) is 13.3 Å². The van der Waals surface area contributed by atoms with Gasteiger partial charge in [-0.2, -0.15) is 4.31 Å². The molecule has 1 aromatic carbocycles. The third-order valence-electron chi connectivity index (χ3n) is 3.34. The van der Waals surface area contributed by atoms with Gasteiger partial charge in [-0.05, 0) is 30.5 Å². The number of halogens is 3. The van der Waals surface area contributed by atoms with Gasteiger partial charge in [0, 0.05) is 23.5 Å². The van der Waals surface area contributed by atoms with E-state index in [0.717, 1.165) is 6.42 Å². The second kappa shape index (κ2) is 5.78. The fourth-order valence-corrected chi connectivity index (χ4v) is 4.62. The zero-order valence-electron chi connectivity index (χ0n) is 10.3. The van der Waals surface area contributed by atoms with Crippen LogP contribution in [0.4, 0.5) is 0 Å². The summed E-state index contributed by atoms with van der Waals surface area (Å²) in [7, 11) is -3.64. The largest absolute Gasteiger partial charge is 0.244 e. The summed E-state index contributed by atoms with van der Waals surface area (Å²) in [5, 5.41) is 0.339. The van der Waals surface area contributed by atoms with Gasteiger partial charge in [-0.1, -0.05) is 30.1 Å². The highest BCUT2D eigenvalue weighted by atomic mass is 35.5. The Hall–Kier alpha value is -0.000000000000000111. The number of alkyl halides is 1. The van der Waals surface area contributed by atoms with Gasteiger partial charge >= 0.3 is 0 Å². The molecule has 106 valence electrons. The fraction of sp³-hybridized carbons (Fsp3) is 0.500. The molecule has 7 heteroatoms. The van der Waals surface area contributed by atoms with Gasteiger partial charge in [0.2, 0.25) is 10.0 Å². The zero-order valence-corrected chi connectivity index (χ0v) is 13.4. The molecule has 2 rings (SSSR count). The smallest absolute Gasteiger partial charge is 0.207 e. The molecule has 0 radical (unpaired) electrons. The van der Waals surface area contributed by atoms with Crippen LogP contribution >= 0.6 is 34.8 Å². The number of sulfonamides is 1. The maximum Gasteiger partial charge on any atom is 0.244 e. The third kappa shape index (κ3) is 3.19. The summed E-state index contributed by atoms with van der Waals surface area (Å²) in [6.45, 7) is 2.78. The van der Waals surface area contributed by atoms with E-state index < -0.39 is 10.0 Å². The molecule has 1 fully saturated rings. The van der Waals surface area contributed by atoms with Crippen LogP contribution in [-0.4, -0.2) is 31.2 Å². The minimum atomic E-state index is -3.64. The van der Waals surface area contributed by atoms with Gasteiger partial charge in [0.1, 0.15) is 4.90 Å². The quantitative estimate of drug-likeness (QED) is 0.770. The molecular formula is C12H14Cl3NO2S. The van der Waals surface area contributed by atoms with Crippen molar-refractivity contribution in [3.63, 3.8) is 0 Å². The fourth-order valence-electron chi connectivity index (χ4n) is 2.03. The van der Waals surface area contributed by atoms with E-state index in [4.69, 9.17) is 34.8 Å². The van der Waals surface area contributed by atoms with Crippen molar-refractivity contribution in [2.24, 2.45) is 5.92 Å². The van der Waals surface area contributed by atoms with Crippen molar-refractivity contribution in [1.82, 2.24) is 4.31 Å². The minimum Gasteiger partial charge on any atom is -0.207 e. The Morgan fingerprint density at radius 3 is 2.63 bits per heavy atom. The van der Waals surface area contributed by atoms with E-state index in [1.807, 2.05) is 6.92 Å². The van der Waals surface area contributed by atoms with E-state index in [9.17, 15) is 8.42 Å². The molecule has 0 bridgehead atoms. The first kappa shape index (κ1) is 15.4. The molecule has 2 atom stereocenters. The van der Waals surface area contributed by atoms with E-state index >= 15 is 0 Å². The van der Waals surface area contributed by atoms with Crippen LogP contribution in [0.2, 0.25) is 10.0 Å².